The molecule has 1 rings (SSSR count). The minimum Gasteiger partial charge on any atom is -0.316 e. The molecule has 0 aliphatic rings. The molecule has 0 bridgehead atoms. The zero-order chi connectivity index (χ0) is 12.8. The first-order valence-electron chi connectivity index (χ1n) is 6.67. The number of rotatable bonds is 7. The van der Waals surface area contributed by atoms with Crippen molar-refractivity contribution in [3.05, 3.63) is 18.0 Å². The SMILES string of the molecule is CC(C)CNCC(C)C(C)Cc1cnn(C)c1. The smallest absolute Gasteiger partial charge is 0.0521 e. The number of aryl methyl sites for hydroxylation is 1. The summed E-state index contributed by atoms with van der Waals surface area (Å²) >= 11 is 0. The summed E-state index contributed by atoms with van der Waals surface area (Å²) in [5, 5.41) is 7.75. The molecule has 3 nitrogen and oxygen atoms in total. The van der Waals surface area contributed by atoms with Crippen molar-refractivity contribution in [1.29, 1.82) is 0 Å². The molecule has 1 N–H and O–H groups in total. The molecule has 98 valence electrons. The van der Waals surface area contributed by atoms with E-state index in [1.807, 2.05) is 17.9 Å². The second kappa shape index (κ2) is 6.80. The van der Waals surface area contributed by atoms with Gasteiger partial charge in [-0.2, -0.15) is 5.10 Å². The van der Waals surface area contributed by atoms with E-state index in [4.69, 9.17) is 0 Å². The average molecular weight is 237 g/mol. The maximum Gasteiger partial charge on any atom is 0.0521 e. The Labute approximate surface area is 106 Å². The summed E-state index contributed by atoms with van der Waals surface area (Å²) in [5.74, 6) is 2.13. The van der Waals surface area contributed by atoms with E-state index >= 15 is 0 Å². The van der Waals surface area contributed by atoms with Crippen molar-refractivity contribution in [3.8, 4) is 0 Å². The highest BCUT2D eigenvalue weighted by atomic mass is 15.2. The minimum absolute atomic E-state index is 0.693. The molecule has 0 fully saturated rings. The number of nitrogens with zero attached hydrogens (tertiary/aromatic N) is 2. The summed E-state index contributed by atoms with van der Waals surface area (Å²) in [5.41, 5.74) is 1.34. The van der Waals surface area contributed by atoms with Gasteiger partial charge in [0, 0.05) is 13.2 Å². The first kappa shape index (κ1) is 14.2. The van der Waals surface area contributed by atoms with Crippen molar-refractivity contribution in [2.45, 2.75) is 34.1 Å². The van der Waals surface area contributed by atoms with E-state index in [1.165, 1.54) is 5.56 Å². The van der Waals surface area contributed by atoms with Crippen LogP contribution >= 0.6 is 0 Å². The first-order valence-corrected chi connectivity index (χ1v) is 6.67. The molecule has 2 unspecified atom stereocenters. The van der Waals surface area contributed by atoms with Crippen LogP contribution in [-0.2, 0) is 13.5 Å². The van der Waals surface area contributed by atoms with Gasteiger partial charge in [-0.05, 0) is 42.8 Å². The second-order valence-corrected chi connectivity index (χ2v) is 5.73. The molecule has 0 radical (unpaired) electrons. The predicted octanol–water partition coefficient (Wildman–Crippen LogP) is 2.48. The van der Waals surface area contributed by atoms with Crippen LogP contribution in [0.4, 0.5) is 0 Å². The predicted molar refractivity (Wildman–Crippen MR) is 72.9 cm³/mol. The molecule has 17 heavy (non-hydrogen) atoms. The first-order chi connectivity index (χ1) is 7.99. The molecule has 0 spiro atoms. The topological polar surface area (TPSA) is 29.9 Å². The zero-order valence-electron chi connectivity index (χ0n) is 11.9. The molecule has 0 aromatic carbocycles. The third kappa shape index (κ3) is 5.35. The van der Waals surface area contributed by atoms with Crippen LogP contribution in [-0.4, -0.2) is 22.9 Å². The van der Waals surface area contributed by atoms with Crippen LogP contribution in [0.2, 0.25) is 0 Å². The minimum atomic E-state index is 0.693. The van der Waals surface area contributed by atoms with Gasteiger partial charge in [0.2, 0.25) is 0 Å². The molecule has 0 aliphatic heterocycles. The number of aromatic nitrogens is 2. The molecule has 0 saturated carbocycles. The lowest BCUT2D eigenvalue weighted by molar-refractivity contribution is 0.357. The molecule has 2 atom stereocenters. The molecular weight excluding hydrogens is 210 g/mol. The molecule has 3 heteroatoms. The van der Waals surface area contributed by atoms with E-state index in [9.17, 15) is 0 Å². The Bertz CT molecular complexity index is 317. The normalized spacial score (nSPS) is 15.2. The third-order valence-corrected chi connectivity index (χ3v) is 3.31. The van der Waals surface area contributed by atoms with Gasteiger partial charge in [-0.1, -0.05) is 27.7 Å². The lowest BCUT2D eigenvalue weighted by Gasteiger charge is -2.20. The third-order valence-electron chi connectivity index (χ3n) is 3.31. The van der Waals surface area contributed by atoms with Gasteiger partial charge in [-0.3, -0.25) is 4.68 Å². The number of hydrogen-bond acceptors (Lipinski definition) is 2. The lowest BCUT2D eigenvalue weighted by Crippen LogP contribution is -2.28. The Balaban J connectivity index is 2.29. The Morgan fingerprint density at radius 1 is 1.18 bits per heavy atom. The zero-order valence-corrected chi connectivity index (χ0v) is 11.9. The van der Waals surface area contributed by atoms with Crippen LogP contribution in [0.1, 0.15) is 33.3 Å². The standard InChI is InChI=1S/C14H27N3/c1-11(2)7-15-8-13(4)12(3)6-14-9-16-17(5)10-14/h9-13,15H,6-8H2,1-5H3. The summed E-state index contributed by atoms with van der Waals surface area (Å²) in [6.07, 6.45) is 5.22. The molecule has 1 aromatic heterocycles. The van der Waals surface area contributed by atoms with Gasteiger partial charge in [-0.25, -0.2) is 0 Å². The highest BCUT2D eigenvalue weighted by Crippen LogP contribution is 2.16. The monoisotopic (exact) mass is 237 g/mol. The Kier molecular flexibility index (Phi) is 5.69. The van der Waals surface area contributed by atoms with Crippen LogP contribution in [0.3, 0.4) is 0 Å². The summed E-state index contributed by atoms with van der Waals surface area (Å²) in [6.45, 7) is 11.4. The summed E-state index contributed by atoms with van der Waals surface area (Å²) in [6, 6.07) is 0. The molecule has 1 aromatic rings. The Hall–Kier alpha value is -0.830. The van der Waals surface area contributed by atoms with E-state index in [-0.39, 0.29) is 0 Å². The van der Waals surface area contributed by atoms with Crippen LogP contribution < -0.4 is 5.32 Å². The van der Waals surface area contributed by atoms with Gasteiger partial charge in [-0.15, -0.1) is 0 Å². The van der Waals surface area contributed by atoms with Crippen LogP contribution in [0.15, 0.2) is 12.4 Å². The van der Waals surface area contributed by atoms with E-state index in [1.54, 1.807) is 0 Å². The van der Waals surface area contributed by atoms with Crippen LogP contribution in [0, 0.1) is 17.8 Å². The van der Waals surface area contributed by atoms with E-state index in [0.29, 0.717) is 11.8 Å². The average Bonchev–Trinajstić information content (AvgIpc) is 2.63. The maximum absolute atomic E-state index is 4.22. The maximum atomic E-state index is 4.22. The van der Waals surface area contributed by atoms with Gasteiger partial charge in [0.25, 0.3) is 0 Å². The van der Waals surface area contributed by atoms with Gasteiger partial charge >= 0.3 is 0 Å². The lowest BCUT2D eigenvalue weighted by atomic mass is 9.90. The van der Waals surface area contributed by atoms with Crippen LogP contribution in [0.25, 0.3) is 0 Å². The van der Waals surface area contributed by atoms with Gasteiger partial charge in [0.05, 0.1) is 6.20 Å². The fourth-order valence-electron chi connectivity index (χ4n) is 1.95. The van der Waals surface area contributed by atoms with E-state index in [2.05, 4.69) is 44.3 Å². The highest BCUT2D eigenvalue weighted by molar-refractivity contribution is 5.04. The quantitative estimate of drug-likeness (QED) is 0.789. The molecule has 0 saturated heterocycles. The van der Waals surface area contributed by atoms with Crippen molar-refractivity contribution in [1.82, 2.24) is 15.1 Å². The Morgan fingerprint density at radius 2 is 1.88 bits per heavy atom. The van der Waals surface area contributed by atoms with Gasteiger partial charge in [0.1, 0.15) is 0 Å². The summed E-state index contributed by atoms with van der Waals surface area (Å²) < 4.78 is 1.88. The summed E-state index contributed by atoms with van der Waals surface area (Å²) in [7, 11) is 1.97. The largest absolute Gasteiger partial charge is 0.316 e. The highest BCUT2D eigenvalue weighted by Gasteiger charge is 2.13. The molecule has 0 amide bonds. The van der Waals surface area contributed by atoms with Gasteiger partial charge < -0.3 is 5.32 Å². The van der Waals surface area contributed by atoms with Crippen molar-refractivity contribution in [2.75, 3.05) is 13.1 Å². The second-order valence-electron chi connectivity index (χ2n) is 5.73. The fraction of sp³-hybridized carbons (Fsp3) is 0.786. The molecule has 0 aliphatic carbocycles. The van der Waals surface area contributed by atoms with Crippen LogP contribution in [0.5, 0.6) is 0 Å². The number of nitrogens with one attached hydrogen (secondary N) is 1. The van der Waals surface area contributed by atoms with E-state index < -0.39 is 0 Å². The Morgan fingerprint density at radius 3 is 2.41 bits per heavy atom. The molecular formula is C14H27N3. The fourth-order valence-corrected chi connectivity index (χ4v) is 1.95. The van der Waals surface area contributed by atoms with Gasteiger partial charge in [0.15, 0.2) is 0 Å². The summed E-state index contributed by atoms with van der Waals surface area (Å²) in [4.78, 5) is 0. The van der Waals surface area contributed by atoms with Crippen molar-refractivity contribution in [3.63, 3.8) is 0 Å². The van der Waals surface area contributed by atoms with Crippen molar-refractivity contribution >= 4 is 0 Å². The van der Waals surface area contributed by atoms with E-state index in [0.717, 1.165) is 25.4 Å². The number of hydrogen-bond donors (Lipinski definition) is 1. The van der Waals surface area contributed by atoms with Crippen molar-refractivity contribution in [2.24, 2.45) is 24.8 Å². The van der Waals surface area contributed by atoms with Crippen molar-refractivity contribution < 1.29 is 0 Å². The molecule has 1 heterocycles.